The largest absolute Gasteiger partial charge is 0.359 e. The van der Waals surface area contributed by atoms with Crippen LogP contribution in [0.15, 0.2) is 12.1 Å². The quantitative estimate of drug-likeness (QED) is 0.881. The van der Waals surface area contributed by atoms with E-state index in [1.807, 2.05) is 12.1 Å². The zero-order valence-corrected chi connectivity index (χ0v) is 14.5. The molecule has 1 aliphatic carbocycles. The van der Waals surface area contributed by atoms with Crippen LogP contribution in [0.3, 0.4) is 0 Å². The Morgan fingerprint density at radius 1 is 1.29 bits per heavy atom. The van der Waals surface area contributed by atoms with Crippen LogP contribution in [0, 0.1) is 5.92 Å². The summed E-state index contributed by atoms with van der Waals surface area (Å²) in [5.41, 5.74) is 0.999. The Labute approximate surface area is 134 Å². The third-order valence-electron chi connectivity index (χ3n) is 4.09. The highest BCUT2D eigenvalue weighted by molar-refractivity contribution is 6.31. The minimum atomic E-state index is 0.0662. The molecule has 1 aromatic heterocycles. The molecule has 1 heterocycles. The molecule has 1 fully saturated rings. The van der Waals surface area contributed by atoms with Gasteiger partial charge in [0.15, 0.2) is 0 Å². The Morgan fingerprint density at radius 2 is 1.95 bits per heavy atom. The fraction of sp³-hybridized carbons (Fsp3) is 0.706. The van der Waals surface area contributed by atoms with Crippen LogP contribution in [0.2, 0.25) is 5.02 Å². The zero-order valence-electron chi connectivity index (χ0n) is 13.7. The van der Waals surface area contributed by atoms with Crippen LogP contribution in [0.1, 0.15) is 52.1 Å². The highest BCUT2D eigenvalue weighted by Gasteiger charge is 2.18. The van der Waals surface area contributed by atoms with E-state index in [0.717, 1.165) is 29.0 Å². The normalized spacial score (nSPS) is 16.4. The van der Waals surface area contributed by atoms with Crippen molar-refractivity contribution in [2.24, 2.45) is 5.92 Å². The van der Waals surface area contributed by atoms with Crippen LogP contribution in [0.4, 0.5) is 5.82 Å². The fourth-order valence-corrected chi connectivity index (χ4v) is 3.00. The maximum atomic E-state index is 6.28. The van der Waals surface area contributed by atoms with Gasteiger partial charge >= 0.3 is 0 Å². The van der Waals surface area contributed by atoms with Gasteiger partial charge in [-0.3, -0.25) is 0 Å². The molecule has 0 spiro atoms. The first-order chi connectivity index (χ1) is 9.85. The summed E-state index contributed by atoms with van der Waals surface area (Å²) in [5, 5.41) is 4.19. The van der Waals surface area contributed by atoms with Gasteiger partial charge in [-0.25, -0.2) is 4.98 Å². The average Bonchev–Trinajstić information content (AvgIpc) is 2.89. The summed E-state index contributed by atoms with van der Waals surface area (Å²) >= 11 is 6.28. The molecule has 0 unspecified atom stereocenters. The van der Waals surface area contributed by atoms with Crippen molar-refractivity contribution < 1.29 is 0 Å². The predicted molar refractivity (Wildman–Crippen MR) is 91.1 cm³/mol. The van der Waals surface area contributed by atoms with Gasteiger partial charge in [0.2, 0.25) is 0 Å². The van der Waals surface area contributed by atoms with Crippen molar-refractivity contribution in [3.63, 3.8) is 0 Å². The van der Waals surface area contributed by atoms with Gasteiger partial charge in [0.05, 0.1) is 10.7 Å². The molecule has 0 aliphatic heterocycles. The van der Waals surface area contributed by atoms with Crippen LogP contribution in [0.5, 0.6) is 0 Å². The summed E-state index contributed by atoms with van der Waals surface area (Å²) in [5.74, 6) is 1.85. The van der Waals surface area contributed by atoms with Crippen molar-refractivity contribution in [1.82, 2.24) is 10.3 Å². The number of nitrogens with one attached hydrogen (secondary N) is 1. The van der Waals surface area contributed by atoms with Crippen molar-refractivity contribution in [2.75, 3.05) is 18.5 Å². The third kappa shape index (κ3) is 5.15. The van der Waals surface area contributed by atoms with E-state index in [0.29, 0.717) is 6.54 Å². The minimum Gasteiger partial charge on any atom is -0.359 e. The molecule has 4 heteroatoms. The second kappa shape index (κ2) is 6.97. The molecule has 2 rings (SSSR count). The molecule has 1 saturated carbocycles. The van der Waals surface area contributed by atoms with Crippen LogP contribution in [0.25, 0.3) is 0 Å². The first kappa shape index (κ1) is 16.6. The molecular formula is C17H28ClN3. The number of hydrogen-bond acceptors (Lipinski definition) is 3. The Kier molecular flexibility index (Phi) is 5.50. The van der Waals surface area contributed by atoms with E-state index < -0.39 is 0 Å². The maximum Gasteiger partial charge on any atom is 0.128 e. The van der Waals surface area contributed by atoms with E-state index in [4.69, 9.17) is 16.6 Å². The van der Waals surface area contributed by atoms with Crippen molar-refractivity contribution >= 4 is 17.4 Å². The van der Waals surface area contributed by atoms with Gasteiger partial charge in [0.1, 0.15) is 5.82 Å². The molecule has 0 amide bonds. The molecule has 118 valence electrons. The van der Waals surface area contributed by atoms with Gasteiger partial charge in [-0.05, 0) is 51.7 Å². The number of anilines is 1. The highest BCUT2D eigenvalue weighted by Crippen LogP contribution is 2.27. The second-order valence-electron chi connectivity index (χ2n) is 7.23. The molecule has 1 aromatic rings. The van der Waals surface area contributed by atoms with Crippen molar-refractivity contribution in [2.45, 2.75) is 58.5 Å². The number of nitrogens with zero attached hydrogens (tertiary/aromatic N) is 2. The summed E-state index contributed by atoms with van der Waals surface area (Å²) in [6, 6.07) is 3.99. The molecule has 1 aliphatic rings. The van der Waals surface area contributed by atoms with E-state index >= 15 is 0 Å². The van der Waals surface area contributed by atoms with Gasteiger partial charge in [-0.15, -0.1) is 0 Å². The molecule has 0 bridgehead atoms. The zero-order chi connectivity index (χ0) is 15.5. The number of pyridine rings is 1. The van der Waals surface area contributed by atoms with Crippen LogP contribution < -0.4 is 10.2 Å². The minimum absolute atomic E-state index is 0.0662. The van der Waals surface area contributed by atoms with Gasteiger partial charge in [0, 0.05) is 25.7 Å². The van der Waals surface area contributed by atoms with Gasteiger partial charge in [-0.2, -0.15) is 0 Å². The Hall–Kier alpha value is -0.800. The lowest BCUT2D eigenvalue weighted by Crippen LogP contribution is -2.35. The van der Waals surface area contributed by atoms with Crippen molar-refractivity contribution in [3.8, 4) is 0 Å². The fourth-order valence-electron chi connectivity index (χ4n) is 2.83. The third-order valence-corrected chi connectivity index (χ3v) is 4.43. The number of halogens is 1. The molecule has 0 radical (unpaired) electrons. The van der Waals surface area contributed by atoms with E-state index in [9.17, 15) is 0 Å². The lowest BCUT2D eigenvalue weighted by molar-refractivity contribution is 0.421. The van der Waals surface area contributed by atoms with Gasteiger partial charge in [-0.1, -0.05) is 24.4 Å². The Balaban J connectivity index is 2.02. The molecule has 1 N–H and O–H groups in total. The predicted octanol–water partition coefficient (Wildman–Crippen LogP) is 4.25. The molecule has 3 nitrogen and oxygen atoms in total. The first-order valence-electron chi connectivity index (χ1n) is 7.97. The van der Waals surface area contributed by atoms with Crippen LogP contribution >= 0.6 is 11.6 Å². The maximum absolute atomic E-state index is 6.28. The van der Waals surface area contributed by atoms with Gasteiger partial charge < -0.3 is 10.2 Å². The summed E-state index contributed by atoms with van der Waals surface area (Å²) in [6.45, 7) is 8.25. The lowest BCUT2D eigenvalue weighted by atomic mass is 10.1. The summed E-state index contributed by atoms with van der Waals surface area (Å²) in [4.78, 5) is 7.02. The van der Waals surface area contributed by atoms with Crippen LogP contribution in [-0.2, 0) is 6.54 Å². The first-order valence-corrected chi connectivity index (χ1v) is 8.34. The van der Waals surface area contributed by atoms with E-state index in [1.165, 1.54) is 25.7 Å². The summed E-state index contributed by atoms with van der Waals surface area (Å²) < 4.78 is 0. The Bertz CT molecular complexity index is 462. The molecular weight excluding hydrogens is 282 g/mol. The number of hydrogen-bond donors (Lipinski definition) is 1. The van der Waals surface area contributed by atoms with E-state index in [1.54, 1.807) is 0 Å². The van der Waals surface area contributed by atoms with Gasteiger partial charge in [0.25, 0.3) is 0 Å². The SMILES string of the molecule is CN(CC1CCCC1)c1ccc(Cl)c(CNC(C)(C)C)n1. The van der Waals surface area contributed by atoms with E-state index in [-0.39, 0.29) is 5.54 Å². The molecule has 0 saturated heterocycles. The second-order valence-corrected chi connectivity index (χ2v) is 7.64. The number of rotatable bonds is 5. The van der Waals surface area contributed by atoms with Crippen molar-refractivity contribution in [1.29, 1.82) is 0 Å². The summed E-state index contributed by atoms with van der Waals surface area (Å²) in [6.07, 6.45) is 5.48. The van der Waals surface area contributed by atoms with Crippen LogP contribution in [-0.4, -0.2) is 24.1 Å². The smallest absolute Gasteiger partial charge is 0.128 e. The Morgan fingerprint density at radius 3 is 2.57 bits per heavy atom. The number of aromatic nitrogens is 1. The highest BCUT2D eigenvalue weighted by atomic mass is 35.5. The molecule has 0 atom stereocenters. The topological polar surface area (TPSA) is 28.2 Å². The van der Waals surface area contributed by atoms with Crippen molar-refractivity contribution in [3.05, 3.63) is 22.8 Å². The van der Waals surface area contributed by atoms with E-state index in [2.05, 4.69) is 38.0 Å². The standard InChI is InChI=1S/C17H28ClN3/c1-17(2,3)19-11-15-14(18)9-10-16(20-15)21(4)12-13-7-5-6-8-13/h9-10,13,19H,5-8,11-12H2,1-4H3. The lowest BCUT2D eigenvalue weighted by Gasteiger charge is -2.24. The average molecular weight is 310 g/mol. The summed E-state index contributed by atoms with van der Waals surface area (Å²) in [7, 11) is 2.13. The molecule has 0 aromatic carbocycles. The monoisotopic (exact) mass is 309 g/mol. The molecule has 21 heavy (non-hydrogen) atoms.